The van der Waals surface area contributed by atoms with E-state index >= 15 is 0 Å². The van der Waals surface area contributed by atoms with Crippen molar-refractivity contribution in [3.8, 4) is 0 Å². The van der Waals surface area contributed by atoms with Crippen molar-refractivity contribution in [2.75, 3.05) is 37.6 Å². The molecular formula is C15H20Cl2N2. The molecule has 1 aromatic rings. The quantitative estimate of drug-likeness (QED) is 0.597. The van der Waals surface area contributed by atoms with Crippen LogP contribution in [0.4, 0.5) is 5.69 Å². The molecule has 1 saturated heterocycles. The molecule has 1 aliphatic heterocycles. The molecule has 0 N–H and O–H groups in total. The molecule has 104 valence electrons. The molecule has 0 radical (unpaired) electrons. The minimum Gasteiger partial charge on any atom is -0.368 e. The van der Waals surface area contributed by atoms with Gasteiger partial charge in [0.05, 0.1) is 15.7 Å². The molecule has 0 atom stereocenters. The van der Waals surface area contributed by atoms with Crippen molar-refractivity contribution in [3.05, 3.63) is 40.9 Å². The first-order chi connectivity index (χ1) is 9.22. The number of nitrogens with zero attached hydrogens (tertiary/aromatic N) is 2. The number of hydrogen-bond acceptors (Lipinski definition) is 2. The Labute approximate surface area is 125 Å². The van der Waals surface area contributed by atoms with Crippen molar-refractivity contribution >= 4 is 28.9 Å². The van der Waals surface area contributed by atoms with E-state index in [0.29, 0.717) is 10.0 Å². The zero-order chi connectivity index (χ0) is 13.7. The van der Waals surface area contributed by atoms with Crippen molar-refractivity contribution in [1.82, 2.24) is 4.90 Å². The SMILES string of the molecule is C=CCCCN1CCN(c2cccc(Cl)c2Cl)CC1. The Bertz CT molecular complexity index is 426. The lowest BCUT2D eigenvalue weighted by molar-refractivity contribution is 0.255. The highest BCUT2D eigenvalue weighted by molar-refractivity contribution is 6.43. The van der Waals surface area contributed by atoms with Crippen LogP contribution in [-0.4, -0.2) is 37.6 Å². The van der Waals surface area contributed by atoms with Crippen LogP contribution in [0.5, 0.6) is 0 Å². The second kappa shape index (κ2) is 7.18. The number of allylic oxidation sites excluding steroid dienone is 1. The number of unbranched alkanes of at least 4 members (excludes halogenated alkanes) is 1. The van der Waals surface area contributed by atoms with Crippen LogP contribution in [0.15, 0.2) is 30.9 Å². The summed E-state index contributed by atoms with van der Waals surface area (Å²) in [6.45, 7) is 9.10. The fourth-order valence-electron chi connectivity index (χ4n) is 2.41. The monoisotopic (exact) mass is 298 g/mol. The smallest absolute Gasteiger partial charge is 0.0825 e. The summed E-state index contributed by atoms with van der Waals surface area (Å²) in [4.78, 5) is 4.82. The third-order valence-electron chi connectivity index (χ3n) is 3.53. The molecule has 2 nitrogen and oxygen atoms in total. The molecule has 0 aliphatic carbocycles. The van der Waals surface area contributed by atoms with Crippen molar-refractivity contribution < 1.29 is 0 Å². The van der Waals surface area contributed by atoms with Crippen molar-refractivity contribution in [2.45, 2.75) is 12.8 Å². The zero-order valence-electron chi connectivity index (χ0n) is 11.1. The number of piperazine rings is 1. The standard InChI is InChI=1S/C15H20Cl2N2/c1-2-3-4-8-18-9-11-19(12-10-18)14-7-5-6-13(16)15(14)17/h2,5-7H,1,3-4,8-12H2. The van der Waals surface area contributed by atoms with E-state index in [-0.39, 0.29) is 0 Å². The van der Waals surface area contributed by atoms with Crippen molar-refractivity contribution in [3.63, 3.8) is 0 Å². The van der Waals surface area contributed by atoms with Gasteiger partial charge in [-0.1, -0.05) is 35.3 Å². The number of anilines is 1. The normalized spacial score (nSPS) is 16.6. The average Bonchev–Trinajstić information content (AvgIpc) is 2.43. The van der Waals surface area contributed by atoms with Gasteiger partial charge in [0, 0.05) is 26.2 Å². The predicted octanol–water partition coefficient (Wildman–Crippen LogP) is 4.08. The van der Waals surface area contributed by atoms with Gasteiger partial charge in [-0.25, -0.2) is 0 Å². The minimum absolute atomic E-state index is 0.632. The summed E-state index contributed by atoms with van der Waals surface area (Å²) in [5.41, 5.74) is 1.06. The Balaban J connectivity index is 1.89. The van der Waals surface area contributed by atoms with Gasteiger partial charge in [-0.2, -0.15) is 0 Å². The Morgan fingerprint density at radius 2 is 1.89 bits per heavy atom. The summed E-state index contributed by atoms with van der Waals surface area (Å²) in [5, 5.41) is 1.30. The molecule has 0 spiro atoms. The van der Waals surface area contributed by atoms with Gasteiger partial charge in [-0.3, -0.25) is 4.90 Å². The Morgan fingerprint density at radius 3 is 2.58 bits per heavy atom. The topological polar surface area (TPSA) is 6.48 Å². The maximum Gasteiger partial charge on any atom is 0.0825 e. The van der Waals surface area contributed by atoms with E-state index < -0.39 is 0 Å². The van der Waals surface area contributed by atoms with Crippen LogP contribution in [-0.2, 0) is 0 Å². The molecule has 0 amide bonds. The fourth-order valence-corrected chi connectivity index (χ4v) is 2.82. The van der Waals surface area contributed by atoms with Crippen LogP contribution in [0.25, 0.3) is 0 Å². The first kappa shape index (κ1) is 14.7. The zero-order valence-corrected chi connectivity index (χ0v) is 12.6. The van der Waals surface area contributed by atoms with Gasteiger partial charge in [0.1, 0.15) is 0 Å². The van der Waals surface area contributed by atoms with Gasteiger partial charge >= 0.3 is 0 Å². The minimum atomic E-state index is 0.632. The largest absolute Gasteiger partial charge is 0.368 e. The Hall–Kier alpha value is -0.700. The van der Waals surface area contributed by atoms with Crippen LogP contribution in [0.2, 0.25) is 10.0 Å². The van der Waals surface area contributed by atoms with E-state index in [4.69, 9.17) is 23.2 Å². The number of halogens is 2. The molecule has 1 aliphatic rings. The fraction of sp³-hybridized carbons (Fsp3) is 0.467. The van der Waals surface area contributed by atoms with E-state index in [1.807, 2.05) is 24.3 Å². The van der Waals surface area contributed by atoms with E-state index in [1.54, 1.807) is 0 Å². The number of benzene rings is 1. The molecule has 1 aromatic carbocycles. The van der Waals surface area contributed by atoms with Gasteiger partial charge < -0.3 is 4.90 Å². The summed E-state index contributed by atoms with van der Waals surface area (Å²) in [5.74, 6) is 0. The highest BCUT2D eigenvalue weighted by atomic mass is 35.5. The van der Waals surface area contributed by atoms with Crippen LogP contribution >= 0.6 is 23.2 Å². The second-order valence-corrected chi connectivity index (χ2v) is 5.62. The van der Waals surface area contributed by atoms with Crippen molar-refractivity contribution in [2.24, 2.45) is 0 Å². The molecule has 4 heteroatoms. The summed E-state index contributed by atoms with van der Waals surface area (Å²) in [7, 11) is 0. The number of hydrogen-bond donors (Lipinski definition) is 0. The summed E-state index contributed by atoms with van der Waals surface area (Å²) < 4.78 is 0. The molecule has 1 fully saturated rings. The van der Waals surface area contributed by atoms with Crippen LogP contribution in [0.1, 0.15) is 12.8 Å². The molecule has 0 aromatic heterocycles. The lowest BCUT2D eigenvalue weighted by atomic mass is 10.2. The molecule has 0 bridgehead atoms. The van der Waals surface area contributed by atoms with E-state index in [2.05, 4.69) is 16.4 Å². The van der Waals surface area contributed by atoms with E-state index in [9.17, 15) is 0 Å². The predicted molar refractivity (Wildman–Crippen MR) is 84.5 cm³/mol. The summed E-state index contributed by atoms with van der Waals surface area (Å²) >= 11 is 12.3. The third kappa shape index (κ3) is 3.88. The van der Waals surface area contributed by atoms with Crippen LogP contribution in [0.3, 0.4) is 0 Å². The molecular weight excluding hydrogens is 279 g/mol. The summed E-state index contributed by atoms with van der Waals surface area (Å²) in [6, 6.07) is 5.83. The maximum absolute atomic E-state index is 6.27. The highest BCUT2D eigenvalue weighted by Crippen LogP contribution is 2.32. The van der Waals surface area contributed by atoms with Gasteiger partial charge in [0.2, 0.25) is 0 Å². The van der Waals surface area contributed by atoms with Gasteiger partial charge in [-0.05, 0) is 31.5 Å². The Morgan fingerprint density at radius 1 is 1.16 bits per heavy atom. The third-order valence-corrected chi connectivity index (χ3v) is 4.34. The van der Waals surface area contributed by atoms with Crippen molar-refractivity contribution in [1.29, 1.82) is 0 Å². The molecule has 0 unspecified atom stereocenters. The lowest BCUT2D eigenvalue weighted by Crippen LogP contribution is -2.46. The van der Waals surface area contributed by atoms with Crippen LogP contribution < -0.4 is 4.90 Å². The van der Waals surface area contributed by atoms with Gasteiger partial charge in [-0.15, -0.1) is 6.58 Å². The highest BCUT2D eigenvalue weighted by Gasteiger charge is 2.19. The molecule has 1 heterocycles. The van der Waals surface area contributed by atoms with E-state index in [1.165, 1.54) is 6.42 Å². The molecule has 19 heavy (non-hydrogen) atoms. The number of rotatable bonds is 5. The first-order valence-electron chi connectivity index (χ1n) is 6.74. The van der Waals surface area contributed by atoms with Gasteiger partial charge in [0.15, 0.2) is 0 Å². The maximum atomic E-state index is 6.27. The summed E-state index contributed by atoms with van der Waals surface area (Å²) in [6.07, 6.45) is 4.28. The van der Waals surface area contributed by atoms with Gasteiger partial charge in [0.25, 0.3) is 0 Å². The van der Waals surface area contributed by atoms with Crippen LogP contribution in [0, 0.1) is 0 Å². The first-order valence-corrected chi connectivity index (χ1v) is 7.50. The molecule has 2 rings (SSSR count). The average molecular weight is 299 g/mol. The Kier molecular flexibility index (Phi) is 5.56. The van der Waals surface area contributed by atoms with E-state index in [0.717, 1.165) is 44.8 Å². The lowest BCUT2D eigenvalue weighted by Gasteiger charge is -2.36. The molecule has 0 saturated carbocycles. The second-order valence-electron chi connectivity index (χ2n) is 4.83.